The highest BCUT2D eigenvalue weighted by molar-refractivity contribution is 6.21. The Bertz CT molecular complexity index is 2820. The molecule has 0 amide bonds. The molecule has 4 heteroatoms. The average molecular weight is 626 g/mol. The summed E-state index contributed by atoms with van der Waals surface area (Å²) in [5, 5.41) is 9.46. The maximum atomic E-state index is 6.61. The van der Waals surface area contributed by atoms with Gasteiger partial charge in [0.15, 0.2) is 17.5 Å². The van der Waals surface area contributed by atoms with Gasteiger partial charge in [0.2, 0.25) is 0 Å². The van der Waals surface area contributed by atoms with Crippen LogP contribution in [0.3, 0.4) is 0 Å². The summed E-state index contributed by atoms with van der Waals surface area (Å²) in [4.78, 5) is 14.9. The van der Waals surface area contributed by atoms with Crippen molar-refractivity contribution in [2.24, 2.45) is 0 Å². The predicted octanol–water partition coefficient (Wildman–Crippen LogP) is 11.9. The molecule has 0 radical (unpaired) electrons. The zero-order valence-corrected chi connectivity index (χ0v) is 26.3. The van der Waals surface area contributed by atoms with E-state index < -0.39 is 0 Å². The van der Waals surface area contributed by atoms with Crippen LogP contribution in [0.25, 0.3) is 99.5 Å². The molecular formula is C45H27N3O. The first-order chi connectivity index (χ1) is 24.3. The lowest BCUT2D eigenvalue weighted by atomic mass is 9.90. The maximum Gasteiger partial charge on any atom is 0.164 e. The van der Waals surface area contributed by atoms with Gasteiger partial charge in [0.05, 0.1) is 0 Å². The summed E-state index contributed by atoms with van der Waals surface area (Å²) in [6, 6.07) is 56.9. The quantitative estimate of drug-likeness (QED) is 0.183. The first-order valence-corrected chi connectivity index (χ1v) is 16.4. The summed E-state index contributed by atoms with van der Waals surface area (Å²) < 4.78 is 6.61. The fourth-order valence-corrected chi connectivity index (χ4v) is 7.21. The number of hydrogen-bond donors (Lipinski definition) is 0. The zero-order valence-electron chi connectivity index (χ0n) is 26.3. The minimum absolute atomic E-state index is 0.609. The Hall–Kier alpha value is -6.65. The lowest BCUT2D eigenvalue weighted by Gasteiger charge is -2.13. The summed E-state index contributed by atoms with van der Waals surface area (Å²) in [5.74, 6) is 1.87. The predicted molar refractivity (Wildman–Crippen MR) is 201 cm³/mol. The van der Waals surface area contributed by atoms with Crippen LogP contribution >= 0.6 is 0 Å². The molecule has 49 heavy (non-hydrogen) atoms. The van der Waals surface area contributed by atoms with Gasteiger partial charge in [0.1, 0.15) is 11.2 Å². The fraction of sp³-hybridized carbons (Fsp3) is 0. The van der Waals surface area contributed by atoms with Crippen LogP contribution in [0.15, 0.2) is 168 Å². The molecule has 0 saturated carbocycles. The second-order valence-corrected chi connectivity index (χ2v) is 12.4. The van der Waals surface area contributed by atoms with Crippen molar-refractivity contribution < 1.29 is 4.42 Å². The van der Waals surface area contributed by atoms with Crippen molar-refractivity contribution in [3.8, 4) is 45.3 Å². The molecular weight excluding hydrogens is 599 g/mol. The highest BCUT2D eigenvalue weighted by Gasteiger charge is 2.19. The third-order valence-electron chi connectivity index (χ3n) is 9.52. The van der Waals surface area contributed by atoms with Gasteiger partial charge in [-0.2, -0.15) is 0 Å². The molecule has 0 spiro atoms. The van der Waals surface area contributed by atoms with E-state index >= 15 is 0 Å². The van der Waals surface area contributed by atoms with E-state index in [9.17, 15) is 0 Å². The van der Waals surface area contributed by atoms with Crippen LogP contribution in [0.1, 0.15) is 0 Å². The number of aromatic nitrogens is 3. The molecule has 0 atom stereocenters. The van der Waals surface area contributed by atoms with Gasteiger partial charge in [-0.25, -0.2) is 15.0 Å². The number of furan rings is 1. The Morgan fingerprint density at radius 3 is 1.69 bits per heavy atom. The zero-order chi connectivity index (χ0) is 32.3. The van der Waals surface area contributed by atoms with E-state index in [0.29, 0.717) is 17.5 Å². The van der Waals surface area contributed by atoms with Crippen molar-refractivity contribution in [2.75, 3.05) is 0 Å². The molecule has 0 unspecified atom stereocenters. The molecule has 2 heterocycles. The molecule has 0 fully saturated rings. The molecule has 4 nitrogen and oxygen atoms in total. The molecule has 0 N–H and O–H groups in total. The van der Waals surface area contributed by atoms with Crippen molar-refractivity contribution in [3.63, 3.8) is 0 Å². The summed E-state index contributed by atoms with van der Waals surface area (Å²) in [6.07, 6.45) is 0. The number of rotatable bonds is 4. The van der Waals surface area contributed by atoms with Crippen molar-refractivity contribution >= 4 is 54.3 Å². The largest absolute Gasteiger partial charge is 0.456 e. The van der Waals surface area contributed by atoms with Crippen LogP contribution in [0.4, 0.5) is 0 Å². The van der Waals surface area contributed by atoms with Gasteiger partial charge < -0.3 is 4.42 Å². The van der Waals surface area contributed by atoms with Crippen molar-refractivity contribution in [2.45, 2.75) is 0 Å². The van der Waals surface area contributed by atoms with E-state index in [4.69, 9.17) is 19.4 Å². The molecule has 0 aliphatic rings. The molecule has 228 valence electrons. The van der Waals surface area contributed by atoms with Crippen molar-refractivity contribution in [1.82, 2.24) is 15.0 Å². The van der Waals surface area contributed by atoms with E-state index in [1.165, 1.54) is 37.9 Å². The molecule has 2 aromatic heterocycles. The molecule has 10 aromatic rings. The molecule has 8 aromatic carbocycles. The highest BCUT2D eigenvalue weighted by Crippen LogP contribution is 2.41. The molecule has 0 aliphatic carbocycles. The Kier molecular flexibility index (Phi) is 6.15. The van der Waals surface area contributed by atoms with E-state index in [1.54, 1.807) is 0 Å². The molecule has 0 bridgehead atoms. The third kappa shape index (κ3) is 4.49. The van der Waals surface area contributed by atoms with E-state index in [2.05, 4.69) is 91.0 Å². The third-order valence-corrected chi connectivity index (χ3v) is 9.52. The fourth-order valence-electron chi connectivity index (χ4n) is 7.21. The Morgan fingerprint density at radius 1 is 0.327 bits per heavy atom. The van der Waals surface area contributed by atoms with Gasteiger partial charge in [-0.3, -0.25) is 0 Å². The number of nitrogens with zero attached hydrogens (tertiary/aromatic N) is 3. The van der Waals surface area contributed by atoms with Crippen molar-refractivity contribution in [3.05, 3.63) is 164 Å². The summed E-state index contributed by atoms with van der Waals surface area (Å²) in [5.41, 5.74) is 6.68. The van der Waals surface area contributed by atoms with Crippen LogP contribution in [0.5, 0.6) is 0 Å². The summed E-state index contributed by atoms with van der Waals surface area (Å²) in [7, 11) is 0. The number of fused-ring (bicyclic) bond motifs is 8. The minimum Gasteiger partial charge on any atom is -0.456 e. The topological polar surface area (TPSA) is 51.8 Å². The number of hydrogen-bond acceptors (Lipinski definition) is 4. The highest BCUT2D eigenvalue weighted by atomic mass is 16.3. The van der Waals surface area contributed by atoms with Gasteiger partial charge in [0.25, 0.3) is 0 Å². The second-order valence-electron chi connectivity index (χ2n) is 12.4. The van der Waals surface area contributed by atoms with Gasteiger partial charge in [-0.1, -0.05) is 140 Å². The van der Waals surface area contributed by atoms with Crippen LogP contribution in [-0.2, 0) is 0 Å². The van der Waals surface area contributed by atoms with Crippen LogP contribution in [-0.4, -0.2) is 15.0 Å². The second kappa shape index (κ2) is 11.0. The summed E-state index contributed by atoms with van der Waals surface area (Å²) >= 11 is 0. The molecule has 0 aliphatic heterocycles. The minimum atomic E-state index is 0.609. The number of benzene rings is 8. The normalized spacial score (nSPS) is 11.7. The standard InChI is InChI=1S/C45H27N3O/c1-3-13-29(14-4-1)43-46-44(30-15-5-2-6-16-30)48-45(47-43)37-20-11-21-40-42(37)36-25-23-31(26-41(36)49-40)38-27-39-32-17-8-7-12-28(32)22-24-35(39)33-18-9-10-19-34(33)38/h1-27H. The van der Waals surface area contributed by atoms with Crippen LogP contribution < -0.4 is 0 Å². The van der Waals surface area contributed by atoms with Crippen molar-refractivity contribution in [1.29, 1.82) is 0 Å². The summed E-state index contributed by atoms with van der Waals surface area (Å²) in [6.45, 7) is 0. The van der Waals surface area contributed by atoms with Crippen LogP contribution in [0, 0.1) is 0 Å². The van der Waals surface area contributed by atoms with E-state index in [1.807, 2.05) is 72.8 Å². The Balaban J connectivity index is 1.19. The lowest BCUT2D eigenvalue weighted by Crippen LogP contribution is -2.00. The SMILES string of the molecule is c1ccc(-c2nc(-c3ccccc3)nc(-c3cccc4oc5cc(-c6cc7c8ccccc8ccc7c7ccccc67)ccc5c34)n2)cc1. The smallest absolute Gasteiger partial charge is 0.164 e. The van der Waals surface area contributed by atoms with E-state index in [-0.39, 0.29) is 0 Å². The first kappa shape index (κ1) is 27.5. The van der Waals surface area contributed by atoms with E-state index in [0.717, 1.165) is 44.2 Å². The Morgan fingerprint density at radius 2 is 0.939 bits per heavy atom. The Labute approximate surface area is 282 Å². The van der Waals surface area contributed by atoms with Gasteiger partial charge >= 0.3 is 0 Å². The maximum absolute atomic E-state index is 6.61. The van der Waals surface area contributed by atoms with Gasteiger partial charge in [-0.15, -0.1) is 0 Å². The average Bonchev–Trinajstić information content (AvgIpc) is 3.56. The first-order valence-electron chi connectivity index (χ1n) is 16.4. The molecule has 10 rings (SSSR count). The molecule has 0 saturated heterocycles. The monoisotopic (exact) mass is 625 g/mol. The lowest BCUT2D eigenvalue weighted by molar-refractivity contribution is 0.669. The van der Waals surface area contributed by atoms with Gasteiger partial charge in [0, 0.05) is 27.5 Å². The van der Waals surface area contributed by atoms with Crippen LogP contribution in [0.2, 0.25) is 0 Å². The van der Waals surface area contributed by atoms with Gasteiger partial charge in [-0.05, 0) is 67.7 Å².